The minimum atomic E-state index is -5.08. The Morgan fingerprint density at radius 2 is 1.45 bits per heavy atom. The fourth-order valence-electron chi connectivity index (χ4n) is 3.40. The van der Waals surface area contributed by atoms with Gasteiger partial charge in [-0.15, -0.1) is 0 Å². The van der Waals surface area contributed by atoms with Crippen molar-refractivity contribution in [3.63, 3.8) is 0 Å². The molecular formula is C17H28F6N2O6. The monoisotopic (exact) mass is 470 g/mol. The molecule has 2 rings (SSSR count). The van der Waals surface area contributed by atoms with Crippen LogP contribution in [0.1, 0.15) is 19.3 Å². The minimum absolute atomic E-state index is 0.544. The average molecular weight is 470 g/mol. The molecule has 1 atom stereocenters. The van der Waals surface area contributed by atoms with Crippen LogP contribution in [0.2, 0.25) is 0 Å². The maximum absolute atomic E-state index is 10.6. The number of nitrogens with one attached hydrogen (secondary N) is 1. The maximum Gasteiger partial charge on any atom is 0.490 e. The summed E-state index contributed by atoms with van der Waals surface area (Å²) >= 11 is 0. The lowest BCUT2D eigenvalue weighted by Crippen LogP contribution is -2.39. The van der Waals surface area contributed by atoms with Crippen molar-refractivity contribution in [1.82, 2.24) is 10.2 Å². The molecule has 31 heavy (non-hydrogen) atoms. The SMILES string of the molecule is COCCN1CC2(CCNCC2)CC1COC.O=C(O)C(F)(F)F.O=C(O)C(F)(F)F. The Bertz CT molecular complexity index is 528. The molecule has 2 aliphatic heterocycles. The van der Waals surface area contributed by atoms with E-state index in [1.807, 2.05) is 7.11 Å². The number of rotatable bonds is 5. The summed E-state index contributed by atoms with van der Waals surface area (Å²) in [6.45, 7) is 6.31. The van der Waals surface area contributed by atoms with Crippen LogP contribution in [0.5, 0.6) is 0 Å². The highest BCUT2D eigenvalue weighted by Gasteiger charge is 2.44. The van der Waals surface area contributed by atoms with Gasteiger partial charge in [0.05, 0.1) is 13.2 Å². The van der Waals surface area contributed by atoms with Crippen molar-refractivity contribution in [2.45, 2.75) is 37.7 Å². The number of nitrogens with zero attached hydrogens (tertiary/aromatic N) is 1. The number of carboxylic acids is 2. The largest absolute Gasteiger partial charge is 0.490 e. The van der Waals surface area contributed by atoms with Crippen LogP contribution in [0.25, 0.3) is 0 Å². The predicted octanol–water partition coefficient (Wildman–Crippen LogP) is 1.99. The lowest BCUT2D eigenvalue weighted by Gasteiger charge is -2.33. The van der Waals surface area contributed by atoms with Crippen molar-refractivity contribution >= 4 is 11.9 Å². The normalized spacial score (nSPS) is 21.0. The summed E-state index contributed by atoms with van der Waals surface area (Å²) in [4.78, 5) is 20.4. The summed E-state index contributed by atoms with van der Waals surface area (Å²) in [6.07, 6.45) is -6.24. The molecule has 0 radical (unpaired) electrons. The molecule has 2 saturated heterocycles. The number of alkyl halides is 6. The average Bonchev–Trinajstić information content (AvgIpc) is 2.97. The number of likely N-dealkylation sites (tertiary alicyclic amines) is 1. The fourth-order valence-corrected chi connectivity index (χ4v) is 3.40. The Labute approximate surface area is 175 Å². The Hall–Kier alpha value is -1.64. The maximum atomic E-state index is 10.6. The smallest absolute Gasteiger partial charge is 0.475 e. The molecule has 1 unspecified atom stereocenters. The van der Waals surface area contributed by atoms with Gasteiger partial charge in [0.1, 0.15) is 0 Å². The molecule has 0 aromatic carbocycles. The lowest BCUT2D eigenvalue weighted by molar-refractivity contribution is -0.193. The first-order valence-electron chi connectivity index (χ1n) is 9.21. The molecule has 1 spiro atoms. The summed E-state index contributed by atoms with van der Waals surface area (Å²) < 4.78 is 74.1. The molecule has 184 valence electrons. The minimum Gasteiger partial charge on any atom is -0.475 e. The summed E-state index contributed by atoms with van der Waals surface area (Å²) in [7, 11) is 3.59. The van der Waals surface area contributed by atoms with E-state index in [9.17, 15) is 26.3 Å². The van der Waals surface area contributed by atoms with E-state index in [1.165, 1.54) is 38.9 Å². The highest BCUT2D eigenvalue weighted by molar-refractivity contribution is 5.73. The van der Waals surface area contributed by atoms with Crippen LogP contribution in [0.4, 0.5) is 26.3 Å². The van der Waals surface area contributed by atoms with Gasteiger partial charge in [0.15, 0.2) is 0 Å². The molecule has 0 aromatic rings. The van der Waals surface area contributed by atoms with E-state index in [-0.39, 0.29) is 0 Å². The van der Waals surface area contributed by atoms with Crippen LogP contribution >= 0.6 is 0 Å². The Morgan fingerprint density at radius 3 is 1.81 bits per heavy atom. The summed E-state index contributed by atoms with van der Waals surface area (Å²) in [5.74, 6) is -5.51. The molecule has 3 N–H and O–H groups in total. The van der Waals surface area contributed by atoms with E-state index in [1.54, 1.807) is 7.11 Å². The zero-order valence-corrected chi connectivity index (χ0v) is 17.2. The summed E-state index contributed by atoms with van der Waals surface area (Å²) in [6, 6.07) is 0.591. The number of carbonyl (C=O) groups is 2. The molecule has 0 saturated carbocycles. The number of carboxylic acid groups (broad SMARTS) is 2. The van der Waals surface area contributed by atoms with Crippen molar-refractivity contribution in [3.05, 3.63) is 0 Å². The second-order valence-corrected chi connectivity index (χ2v) is 7.13. The molecule has 0 aromatic heterocycles. The Kier molecular flexibility index (Phi) is 12.3. The zero-order valence-electron chi connectivity index (χ0n) is 17.2. The fraction of sp³-hybridized carbons (Fsp3) is 0.882. The second kappa shape index (κ2) is 13.0. The molecule has 2 fully saturated rings. The molecule has 8 nitrogen and oxygen atoms in total. The van der Waals surface area contributed by atoms with Gasteiger partial charge in [0, 0.05) is 33.4 Å². The van der Waals surface area contributed by atoms with E-state index in [4.69, 9.17) is 29.3 Å². The zero-order chi connectivity index (χ0) is 24.3. The van der Waals surface area contributed by atoms with E-state index < -0.39 is 24.3 Å². The van der Waals surface area contributed by atoms with Gasteiger partial charge in [0.25, 0.3) is 0 Å². The Morgan fingerprint density at radius 1 is 1.00 bits per heavy atom. The quantitative estimate of drug-likeness (QED) is 0.524. The van der Waals surface area contributed by atoms with Crippen LogP contribution in [0.15, 0.2) is 0 Å². The van der Waals surface area contributed by atoms with Crippen molar-refractivity contribution in [2.24, 2.45) is 5.41 Å². The molecule has 2 aliphatic rings. The van der Waals surface area contributed by atoms with Gasteiger partial charge in [-0.25, -0.2) is 9.59 Å². The Balaban J connectivity index is 0.000000536. The van der Waals surface area contributed by atoms with Crippen molar-refractivity contribution in [2.75, 3.05) is 53.6 Å². The lowest BCUT2D eigenvalue weighted by atomic mass is 9.77. The molecule has 14 heteroatoms. The van der Waals surface area contributed by atoms with E-state index in [0.29, 0.717) is 11.5 Å². The van der Waals surface area contributed by atoms with Crippen molar-refractivity contribution in [3.8, 4) is 0 Å². The first kappa shape index (κ1) is 29.4. The van der Waals surface area contributed by atoms with Crippen LogP contribution < -0.4 is 5.32 Å². The third-order valence-electron chi connectivity index (χ3n) is 4.81. The molecule has 0 amide bonds. The van der Waals surface area contributed by atoms with Crippen LogP contribution in [-0.4, -0.2) is 99.1 Å². The van der Waals surface area contributed by atoms with Crippen molar-refractivity contribution in [1.29, 1.82) is 0 Å². The summed E-state index contributed by atoms with van der Waals surface area (Å²) in [5, 5.41) is 17.7. The van der Waals surface area contributed by atoms with Gasteiger partial charge in [-0.05, 0) is 37.8 Å². The van der Waals surface area contributed by atoms with Gasteiger partial charge >= 0.3 is 24.3 Å². The van der Waals surface area contributed by atoms with Gasteiger partial charge in [-0.1, -0.05) is 0 Å². The third-order valence-corrected chi connectivity index (χ3v) is 4.81. The van der Waals surface area contributed by atoms with Gasteiger partial charge in [-0.3, -0.25) is 4.90 Å². The van der Waals surface area contributed by atoms with Gasteiger partial charge in [-0.2, -0.15) is 26.3 Å². The van der Waals surface area contributed by atoms with Crippen LogP contribution in [-0.2, 0) is 19.1 Å². The highest BCUT2D eigenvalue weighted by atomic mass is 19.4. The number of hydrogen-bond acceptors (Lipinski definition) is 6. The molecule has 2 heterocycles. The van der Waals surface area contributed by atoms with Crippen LogP contribution in [0.3, 0.4) is 0 Å². The topological polar surface area (TPSA) is 108 Å². The van der Waals surface area contributed by atoms with E-state index >= 15 is 0 Å². The van der Waals surface area contributed by atoms with Gasteiger partial charge < -0.3 is 25.0 Å². The predicted molar refractivity (Wildman–Crippen MR) is 95.6 cm³/mol. The molecule has 0 aliphatic carbocycles. The number of hydrogen-bond donors (Lipinski definition) is 3. The number of piperidine rings is 1. The van der Waals surface area contributed by atoms with Crippen molar-refractivity contribution < 1.29 is 55.6 Å². The number of aliphatic carboxylic acids is 2. The van der Waals surface area contributed by atoms with Crippen LogP contribution in [0, 0.1) is 5.41 Å². The highest BCUT2D eigenvalue weighted by Crippen LogP contribution is 2.41. The summed E-state index contributed by atoms with van der Waals surface area (Å²) in [5.41, 5.74) is 0.544. The third kappa shape index (κ3) is 11.5. The van der Waals surface area contributed by atoms with E-state index in [0.717, 1.165) is 19.8 Å². The first-order chi connectivity index (χ1) is 14.2. The standard InChI is InChI=1S/C13H26N2O2.2C2HF3O2/c1-16-8-7-15-11-13(3-5-14-6-4-13)9-12(15)10-17-2;2*3-2(4,5)1(6)7/h12,14H,3-11H2,1-2H3;2*(H,6,7). The molecular weight excluding hydrogens is 442 g/mol. The number of halogens is 6. The number of methoxy groups -OCH3 is 2. The number of ether oxygens (including phenoxy) is 2. The van der Waals surface area contributed by atoms with Gasteiger partial charge in [0.2, 0.25) is 0 Å². The molecule has 0 bridgehead atoms. The second-order valence-electron chi connectivity index (χ2n) is 7.13. The first-order valence-corrected chi connectivity index (χ1v) is 9.21. The van der Waals surface area contributed by atoms with E-state index in [2.05, 4.69) is 10.2 Å².